The molecule has 2 saturated heterocycles. The standard InChI is InChI=1S/C31H59N7O9/c1-6-24-28(43)22(3)29(44)31(47-24)46-19-10-33-25(39)9-8-23(30(45)32-4)34-26(40)20-37-16-15-36(7-2)13-11-35(5)12-14-38(18-17-37)21-27(41)42/h22-24,28-29,31,43-44H,6-21H2,1-5H3,(H,32,45)(H,33,39)(H,34,40)(H,41,42)/t22?,23-,24?,28?,29?,31?/m1/s1. The van der Waals surface area contributed by atoms with Gasteiger partial charge >= 0.3 is 5.97 Å². The van der Waals surface area contributed by atoms with Gasteiger partial charge in [-0.25, -0.2) is 0 Å². The normalized spacial score (nSPS) is 26.8. The third-order valence-corrected chi connectivity index (χ3v) is 8.95. The molecule has 0 spiro atoms. The first-order valence-corrected chi connectivity index (χ1v) is 16.9. The van der Waals surface area contributed by atoms with E-state index in [2.05, 4.69) is 32.7 Å². The molecule has 16 heteroatoms. The van der Waals surface area contributed by atoms with Crippen LogP contribution >= 0.6 is 0 Å². The van der Waals surface area contributed by atoms with E-state index in [1.165, 1.54) is 7.05 Å². The molecule has 0 saturated carbocycles. The summed E-state index contributed by atoms with van der Waals surface area (Å²) in [6.07, 6.45) is -2.52. The molecule has 2 heterocycles. The Morgan fingerprint density at radius 1 is 0.894 bits per heavy atom. The van der Waals surface area contributed by atoms with Crippen molar-refractivity contribution in [1.29, 1.82) is 0 Å². The van der Waals surface area contributed by atoms with Crippen LogP contribution in [-0.4, -0.2) is 188 Å². The van der Waals surface area contributed by atoms with Crippen LogP contribution in [0.15, 0.2) is 0 Å². The Morgan fingerprint density at radius 2 is 1.49 bits per heavy atom. The van der Waals surface area contributed by atoms with Crippen molar-refractivity contribution in [3.63, 3.8) is 0 Å². The second-order valence-corrected chi connectivity index (χ2v) is 12.5. The van der Waals surface area contributed by atoms with E-state index >= 15 is 0 Å². The Labute approximate surface area is 279 Å². The molecule has 0 bridgehead atoms. The molecular weight excluding hydrogens is 614 g/mol. The number of rotatable bonds is 15. The van der Waals surface area contributed by atoms with Crippen molar-refractivity contribution in [3.05, 3.63) is 0 Å². The first-order chi connectivity index (χ1) is 22.4. The third-order valence-electron chi connectivity index (χ3n) is 8.95. The molecule has 272 valence electrons. The van der Waals surface area contributed by atoms with E-state index in [-0.39, 0.29) is 50.9 Å². The quantitative estimate of drug-likeness (QED) is 0.101. The molecule has 0 radical (unpaired) electrons. The molecule has 0 aromatic carbocycles. The first kappa shape index (κ1) is 40.7. The van der Waals surface area contributed by atoms with Crippen LogP contribution in [0.3, 0.4) is 0 Å². The number of amides is 3. The van der Waals surface area contributed by atoms with Gasteiger partial charge in [0.25, 0.3) is 0 Å². The Morgan fingerprint density at radius 3 is 2.09 bits per heavy atom. The van der Waals surface area contributed by atoms with Crippen molar-refractivity contribution in [2.24, 2.45) is 5.92 Å². The van der Waals surface area contributed by atoms with Crippen LogP contribution in [-0.2, 0) is 28.7 Å². The van der Waals surface area contributed by atoms with Crippen LogP contribution in [0.25, 0.3) is 0 Å². The third kappa shape index (κ3) is 14.7. The van der Waals surface area contributed by atoms with Gasteiger partial charge in [0.05, 0.1) is 31.9 Å². The Kier molecular flexibility index (Phi) is 18.6. The van der Waals surface area contributed by atoms with Crippen LogP contribution < -0.4 is 16.0 Å². The minimum absolute atomic E-state index is 0.0180. The summed E-state index contributed by atoms with van der Waals surface area (Å²) in [6.45, 7) is 12.1. The summed E-state index contributed by atoms with van der Waals surface area (Å²) in [7, 11) is 3.50. The summed E-state index contributed by atoms with van der Waals surface area (Å²) in [5.74, 6) is -2.42. The zero-order valence-corrected chi connectivity index (χ0v) is 28.9. The van der Waals surface area contributed by atoms with Gasteiger partial charge in [0, 0.05) is 78.3 Å². The van der Waals surface area contributed by atoms with Gasteiger partial charge in [0.15, 0.2) is 6.29 Å². The maximum absolute atomic E-state index is 13.2. The average molecular weight is 674 g/mol. The van der Waals surface area contributed by atoms with Gasteiger partial charge in [-0.15, -0.1) is 0 Å². The fourth-order valence-electron chi connectivity index (χ4n) is 5.67. The molecule has 0 aromatic rings. The molecule has 0 aromatic heterocycles. The smallest absolute Gasteiger partial charge is 0.317 e. The van der Waals surface area contributed by atoms with Crippen molar-refractivity contribution in [2.45, 2.75) is 70.7 Å². The van der Waals surface area contributed by atoms with Gasteiger partial charge in [-0.1, -0.05) is 20.8 Å². The van der Waals surface area contributed by atoms with E-state index in [1.54, 1.807) is 6.92 Å². The lowest BCUT2D eigenvalue weighted by Gasteiger charge is -2.41. The van der Waals surface area contributed by atoms with Crippen molar-refractivity contribution >= 4 is 23.7 Å². The summed E-state index contributed by atoms with van der Waals surface area (Å²) >= 11 is 0. The van der Waals surface area contributed by atoms with Crippen molar-refractivity contribution < 1.29 is 44.0 Å². The number of aliphatic hydroxyl groups is 2. The van der Waals surface area contributed by atoms with Gasteiger partial charge in [-0.2, -0.15) is 0 Å². The predicted octanol–water partition coefficient (Wildman–Crippen LogP) is -2.42. The highest BCUT2D eigenvalue weighted by molar-refractivity contribution is 5.88. The molecule has 5 unspecified atom stereocenters. The maximum atomic E-state index is 13.2. The summed E-state index contributed by atoms with van der Waals surface area (Å²) < 4.78 is 11.3. The summed E-state index contributed by atoms with van der Waals surface area (Å²) in [6, 6.07) is -0.919. The number of ether oxygens (including phenoxy) is 2. The highest BCUT2D eigenvalue weighted by Gasteiger charge is 2.41. The topological polar surface area (TPSA) is 196 Å². The minimum atomic E-state index is -1.00. The maximum Gasteiger partial charge on any atom is 0.317 e. The molecular formula is C31H59N7O9. The zero-order valence-electron chi connectivity index (χ0n) is 28.9. The molecule has 16 nitrogen and oxygen atoms in total. The number of carbonyl (C=O) groups is 4. The van der Waals surface area contributed by atoms with Gasteiger partial charge in [0.2, 0.25) is 17.7 Å². The van der Waals surface area contributed by atoms with E-state index in [4.69, 9.17) is 9.47 Å². The lowest BCUT2D eigenvalue weighted by molar-refractivity contribution is -0.282. The van der Waals surface area contributed by atoms with Gasteiger partial charge in [0.1, 0.15) is 12.1 Å². The molecule has 0 aliphatic carbocycles. The van der Waals surface area contributed by atoms with Gasteiger partial charge in [-0.05, 0) is 26.4 Å². The van der Waals surface area contributed by atoms with Gasteiger partial charge in [-0.3, -0.25) is 29.0 Å². The van der Waals surface area contributed by atoms with Crippen molar-refractivity contribution in [2.75, 3.05) is 99.2 Å². The lowest BCUT2D eigenvalue weighted by atomic mass is 9.90. The summed E-state index contributed by atoms with van der Waals surface area (Å²) in [5.41, 5.74) is 0. The van der Waals surface area contributed by atoms with E-state index in [9.17, 15) is 34.5 Å². The molecule has 2 rings (SSSR count). The molecule has 3 amide bonds. The number of nitrogens with one attached hydrogen (secondary N) is 3. The van der Waals surface area contributed by atoms with Crippen molar-refractivity contribution in [3.8, 4) is 0 Å². The van der Waals surface area contributed by atoms with Crippen LogP contribution in [0.2, 0.25) is 0 Å². The van der Waals surface area contributed by atoms with E-state index in [1.807, 2.05) is 23.8 Å². The number of hydrogen-bond donors (Lipinski definition) is 6. The molecule has 6 N–H and O–H groups in total. The second-order valence-electron chi connectivity index (χ2n) is 12.5. The Balaban J connectivity index is 1.88. The van der Waals surface area contributed by atoms with E-state index in [0.717, 1.165) is 32.7 Å². The van der Waals surface area contributed by atoms with Crippen molar-refractivity contribution in [1.82, 2.24) is 35.6 Å². The summed E-state index contributed by atoms with van der Waals surface area (Å²) in [5, 5.41) is 38.0. The fourth-order valence-corrected chi connectivity index (χ4v) is 5.67. The number of aliphatic hydroxyl groups excluding tert-OH is 2. The molecule has 47 heavy (non-hydrogen) atoms. The minimum Gasteiger partial charge on any atom is -0.480 e. The SMILES string of the molecule is CCC1OC(OCCNC(=O)CC[C@@H](NC(=O)CN2CCN(CC)CCN(C)CCN(CC(=O)O)CC2)C(=O)NC)C(O)C(C)C1O. The number of hydrogen-bond acceptors (Lipinski definition) is 12. The number of nitrogens with zero attached hydrogens (tertiary/aromatic N) is 4. The number of carbonyl (C=O) groups excluding carboxylic acids is 3. The number of likely N-dealkylation sites (N-methyl/N-ethyl adjacent to an activating group) is 3. The number of carboxylic acids is 1. The molecule has 6 atom stereocenters. The zero-order chi connectivity index (χ0) is 34.9. The Bertz CT molecular complexity index is 976. The first-order valence-electron chi connectivity index (χ1n) is 16.9. The molecule has 2 aliphatic rings. The molecule has 2 fully saturated rings. The van der Waals surface area contributed by atoms with Crippen LogP contribution in [0.5, 0.6) is 0 Å². The highest BCUT2D eigenvalue weighted by atomic mass is 16.7. The van der Waals surface area contributed by atoms with Gasteiger partial charge < -0.3 is 50.5 Å². The van der Waals surface area contributed by atoms with E-state index in [0.29, 0.717) is 32.6 Å². The highest BCUT2D eigenvalue weighted by Crippen LogP contribution is 2.28. The Hall–Kier alpha value is -2.44. The predicted molar refractivity (Wildman–Crippen MR) is 174 cm³/mol. The van der Waals surface area contributed by atoms with E-state index < -0.39 is 48.4 Å². The average Bonchev–Trinajstić information content (AvgIpc) is 3.04. The second kappa shape index (κ2) is 21.5. The molecule has 2 aliphatic heterocycles. The fraction of sp³-hybridized carbons (Fsp3) is 0.871. The van der Waals surface area contributed by atoms with Crippen LogP contribution in [0.1, 0.15) is 40.0 Å². The lowest BCUT2D eigenvalue weighted by Crippen LogP contribution is -2.54. The number of carboxylic acid groups (broad SMARTS) is 1. The monoisotopic (exact) mass is 673 g/mol. The van der Waals surface area contributed by atoms with Crippen LogP contribution in [0.4, 0.5) is 0 Å². The van der Waals surface area contributed by atoms with Crippen LogP contribution in [0, 0.1) is 5.92 Å². The number of aliphatic carboxylic acids is 1. The largest absolute Gasteiger partial charge is 0.480 e. The summed E-state index contributed by atoms with van der Waals surface area (Å²) in [4.78, 5) is 58.1.